The first kappa shape index (κ1) is 14.9. The van der Waals surface area contributed by atoms with Gasteiger partial charge in [0.25, 0.3) is 6.01 Å². The van der Waals surface area contributed by atoms with Crippen LogP contribution >= 0.6 is 0 Å². The zero-order valence-corrected chi connectivity index (χ0v) is 13.5. The molecule has 1 aromatic rings. The maximum atomic E-state index is 5.69. The molecule has 1 aliphatic heterocycles. The second-order valence-corrected chi connectivity index (χ2v) is 7.20. The maximum absolute atomic E-state index is 5.69. The van der Waals surface area contributed by atoms with E-state index in [4.69, 9.17) is 4.42 Å². The first-order valence-corrected chi connectivity index (χ1v) is 8.60. The van der Waals surface area contributed by atoms with Crippen molar-refractivity contribution in [3.05, 3.63) is 12.0 Å². The van der Waals surface area contributed by atoms with E-state index in [0.717, 1.165) is 31.3 Å². The predicted molar refractivity (Wildman–Crippen MR) is 85.4 cm³/mol. The highest BCUT2D eigenvalue weighted by molar-refractivity contribution is 5.28. The van der Waals surface area contributed by atoms with Gasteiger partial charge in [-0.15, -0.1) is 0 Å². The average molecular weight is 291 g/mol. The quantitative estimate of drug-likeness (QED) is 0.918. The normalized spacial score (nSPS) is 22.1. The third-order valence-electron chi connectivity index (χ3n) is 5.24. The van der Waals surface area contributed by atoms with Gasteiger partial charge >= 0.3 is 0 Å². The summed E-state index contributed by atoms with van der Waals surface area (Å²) in [6, 6.07) is 1.30. The minimum Gasteiger partial charge on any atom is -0.432 e. The van der Waals surface area contributed by atoms with Gasteiger partial charge in [0, 0.05) is 25.7 Å². The SMILES string of the molecule is CC(C)NCc1coc(N2CCC3(CCCCC3)CC2)n1. The summed E-state index contributed by atoms with van der Waals surface area (Å²) in [5.74, 6) is 0. The molecule has 1 aliphatic carbocycles. The smallest absolute Gasteiger partial charge is 0.297 e. The first-order valence-electron chi connectivity index (χ1n) is 8.60. The lowest BCUT2D eigenvalue weighted by atomic mass is 9.68. The Morgan fingerprint density at radius 1 is 1.19 bits per heavy atom. The molecule has 1 aromatic heterocycles. The Hall–Kier alpha value is -1.03. The highest BCUT2D eigenvalue weighted by Gasteiger charge is 2.36. The molecule has 118 valence electrons. The van der Waals surface area contributed by atoms with E-state index in [2.05, 4.69) is 29.0 Å². The van der Waals surface area contributed by atoms with Gasteiger partial charge in [-0.1, -0.05) is 33.1 Å². The molecule has 1 saturated heterocycles. The highest BCUT2D eigenvalue weighted by atomic mass is 16.4. The number of nitrogens with one attached hydrogen (secondary N) is 1. The van der Waals surface area contributed by atoms with Gasteiger partial charge in [0.05, 0.1) is 5.69 Å². The van der Waals surface area contributed by atoms with Crippen LogP contribution in [0.1, 0.15) is 64.5 Å². The summed E-state index contributed by atoms with van der Waals surface area (Å²) < 4.78 is 5.69. The third kappa shape index (κ3) is 3.60. The Balaban J connectivity index is 1.54. The summed E-state index contributed by atoms with van der Waals surface area (Å²) in [4.78, 5) is 6.97. The third-order valence-corrected chi connectivity index (χ3v) is 5.24. The summed E-state index contributed by atoms with van der Waals surface area (Å²) in [5, 5.41) is 3.38. The minimum absolute atomic E-state index is 0.478. The van der Waals surface area contributed by atoms with Crippen LogP contribution in [0.2, 0.25) is 0 Å². The van der Waals surface area contributed by atoms with Crippen molar-refractivity contribution in [1.29, 1.82) is 0 Å². The van der Waals surface area contributed by atoms with E-state index in [1.807, 2.05) is 0 Å². The van der Waals surface area contributed by atoms with Crippen LogP contribution in [0.15, 0.2) is 10.7 Å². The van der Waals surface area contributed by atoms with E-state index in [1.165, 1.54) is 44.9 Å². The van der Waals surface area contributed by atoms with Crippen molar-refractivity contribution in [3.63, 3.8) is 0 Å². The van der Waals surface area contributed by atoms with Gasteiger partial charge in [0.15, 0.2) is 0 Å². The molecule has 1 saturated carbocycles. The topological polar surface area (TPSA) is 41.3 Å². The summed E-state index contributed by atoms with van der Waals surface area (Å²) in [6.07, 6.45) is 11.6. The van der Waals surface area contributed by atoms with Crippen LogP contribution in [0.4, 0.5) is 6.01 Å². The van der Waals surface area contributed by atoms with Gasteiger partial charge in [-0.05, 0) is 31.1 Å². The van der Waals surface area contributed by atoms with Crippen molar-refractivity contribution in [2.24, 2.45) is 5.41 Å². The van der Waals surface area contributed by atoms with Gasteiger partial charge < -0.3 is 14.6 Å². The molecule has 1 N–H and O–H groups in total. The highest BCUT2D eigenvalue weighted by Crippen LogP contribution is 2.44. The number of oxazole rings is 1. The molecule has 3 rings (SSSR count). The van der Waals surface area contributed by atoms with Gasteiger partial charge in [-0.2, -0.15) is 4.98 Å². The fourth-order valence-corrected chi connectivity index (χ4v) is 3.81. The average Bonchev–Trinajstić information content (AvgIpc) is 2.96. The molecular formula is C17H29N3O. The second kappa shape index (κ2) is 6.39. The Morgan fingerprint density at radius 3 is 2.57 bits per heavy atom. The Kier molecular flexibility index (Phi) is 4.53. The minimum atomic E-state index is 0.478. The molecule has 0 amide bonds. The Bertz CT molecular complexity index is 439. The number of rotatable bonds is 4. The van der Waals surface area contributed by atoms with Crippen molar-refractivity contribution < 1.29 is 4.42 Å². The fraction of sp³-hybridized carbons (Fsp3) is 0.824. The van der Waals surface area contributed by atoms with Crippen LogP contribution in [-0.2, 0) is 6.54 Å². The molecular weight excluding hydrogens is 262 g/mol. The largest absolute Gasteiger partial charge is 0.432 e. The van der Waals surface area contributed by atoms with Crippen LogP contribution in [0.5, 0.6) is 0 Å². The number of piperidine rings is 1. The number of hydrogen-bond donors (Lipinski definition) is 1. The van der Waals surface area contributed by atoms with Gasteiger partial charge in [0.2, 0.25) is 0 Å². The zero-order chi connectivity index (χ0) is 14.7. The Morgan fingerprint density at radius 2 is 1.90 bits per heavy atom. The second-order valence-electron chi connectivity index (χ2n) is 7.20. The summed E-state index contributed by atoms with van der Waals surface area (Å²) in [6.45, 7) is 7.30. The zero-order valence-electron chi connectivity index (χ0n) is 13.5. The lowest BCUT2D eigenvalue weighted by molar-refractivity contribution is 0.142. The molecule has 0 atom stereocenters. The number of anilines is 1. The van der Waals surface area contributed by atoms with Crippen LogP contribution in [0.25, 0.3) is 0 Å². The van der Waals surface area contributed by atoms with Crippen molar-refractivity contribution >= 4 is 6.01 Å². The molecule has 0 aromatic carbocycles. The van der Waals surface area contributed by atoms with E-state index in [9.17, 15) is 0 Å². The lowest BCUT2D eigenvalue weighted by Crippen LogP contribution is -2.41. The van der Waals surface area contributed by atoms with E-state index in [1.54, 1.807) is 6.26 Å². The number of hydrogen-bond acceptors (Lipinski definition) is 4. The molecule has 0 unspecified atom stereocenters. The molecule has 2 fully saturated rings. The van der Waals surface area contributed by atoms with Crippen molar-refractivity contribution in [2.75, 3.05) is 18.0 Å². The molecule has 0 bridgehead atoms. The van der Waals surface area contributed by atoms with E-state index >= 15 is 0 Å². The summed E-state index contributed by atoms with van der Waals surface area (Å²) in [5.41, 5.74) is 1.65. The monoisotopic (exact) mass is 291 g/mol. The van der Waals surface area contributed by atoms with E-state index < -0.39 is 0 Å². The van der Waals surface area contributed by atoms with Crippen molar-refractivity contribution in [2.45, 2.75) is 71.4 Å². The van der Waals surface area contributed by atoms with Crippen molar-refractivity contribution in [1.82, 2.24) is 10.3 Å². The summed E-state index contributed by atoms with van der Waals surface area (Å²) in [7, 11) is 0. The summed E-state index contributed by atoms with van der Waals surface area (Å²) >= 11 is 0. The lowest BCUT2D eigenvalue weighted by Gasteiger charge is -2.43. The maximum Gasteiger partial charge on any atom is 0.297 e. The number of aromatic nitrogens is 1. The van der Waals surface area contributed by atoms with E-state index in [-0.39, 0.29) is 0 Å². The van der Waals surface area contributed by atoms with Crippen LogP contribution < -0.4 is 10.2 Å². The molecule has 2 aliphatic rings. The predicted octanol–water partition coefficient (Wildman–Crippen LogP) is 3.72. The van der Waals surface area contributed by atoms with E-state index in [0.29, 0.717) is 11.5 Å². The first-order chi connectivity index (χ1) is 10.2. The van der Waals surface area contributed by atoms with Crippen LogP contribution in [-0.4, -0.2) is 24.1 Å². The van der Waals surface area contributed by atoms with Gasteiger partial charge in [-0.25, -0.2) is 0 Å². The standard InChI is InChI=1S/C17H29N3O/c1-14(2)18-12-15-13-21-16(19-15)20-10-8-17(9-11-20)6-4-3-5-7-17/h13-14,18H,3-12H2,1-2H3. The molecule has 1 spiro atoms. The number of nitrogens with zero attached hydrogens (tertiary/aromatic N) is 2. The molecule has 4 nitrogen and oxygen atoms in total. The van der Waals surface area contributed by atoms with Gasteiger partial charge in [0.1, 0.15) is 6.26 Å². The van der Waals surface area contributed by atoms with Crippen molar-refractivity contribution in [3.8, 4) is 0 Å². The molecule has 4 heteroatoms. The molecule has 2 heterocycles. The van der Waals surface area contributed by atoms with Crippen LogP contribution in [0.3, 0.4) is 0 Å². The Labute approximate surface area is 128 Å². The molecule has 0 radical (unpaired) electrons. The van der Waals surface area contributed by atoms with Crippen LogP contribution in [0, 0.1) is 5.41 Å². The fourth-order valence-electron chi connectivity index (χ4n) is 3.81. The molecule has 21 heavy (non-hydrogen) atoms. The van der Waals surface area contributed by atoms with Gasteiger partial charge in [-0.3, -0.25) is 0 Å².